The van der Waals surface area contributed by atoms with E-state index in [9.17, 15) is 18.4 Å². The van der Waals surface area contributed by atoms with E-state index in [1.54, 1.807) is 6.92 Å². The number of rotatable bonds is 4. The zero-order valence-electron chi connectivity index (χ0n) is 13.7. The maximum absolute atomic E-state index is 13.3. The van der Waals surface area contributed by atoms with Gasteiger partial charge in [0.05, 0.1) is 28.7 Å². The van der Waals surface area contributed by atoms with Crippen LogP contribution in [0.3, 0.4) is 0 Å². The molecule has 0 saturated carbocycles. The van der Waals surface area contributed by atoms with E-state index >= 15 is 0 Å². The molecule has 0 fully saturated rings. The van der Waals surface area contributed by atoms with Crippen LogP contribution in [0.15, 0.2) is 30.6 Å². The maximum Gasteiger partial charge on any atom is 0.274 e. The first-order valence-electron chi connectivity index (χ1n) is 7.45. The molecule has 1 aromatic carbocycles. The number of nitrogens with zero attached hydrogens (tertiary/aromatic N) is 3. The van der Waals surface area contributed by atoms with Crippen molar-refractivity contribution in [2.75, 3.05) is 10.6 Å². The molecule has 0 saturated heterocycles. The molecule has 27 heavy (non-hydrogen) atoms. The molecule has 0 bridgehead atoms. The molecule has 0 radical (unpaired) electrons. The van der Waals surface area contributed by atoms with E-state index in [1.165, 1.54) is 18.5 Å². The number of aromatic nitrogens is 4. The standard InChI is InChI=1S/C16H11ClF2N6O2/c1-7-5-21-14(6-20-7)23-16(27)12-4-13(25-24-12)22-15(26)8-2-10(18)11(19)3-9(8)17/h2-6H,1H3,(H,21,23,27)(H2,22,24,25,26). The Hall–Kier alpha value is -3.40. The Balaban J connectivity index is 1.70. The predicted octanol–water partition coefficient (Wildman–Crippen LogP) is 2.94. The van der Waals surface area contributed by atoms with Crippen molar-refractivity contribution in [3.8, 4) is 0 Å². The Morgan fingerprint density at radius 3 is 2.41 bits per heavy atom. The SMILES string of the molecule is Cc1cnc(NC(=O)c2cc(NC(=O)c3cc(F)c(F)cc3Cl)n[nH]2)cn1. The van der Waals surface area contributed by atoms with E-state index in [1.807, 2.05) is 0 Å². The average molecular weight is 393 g/mol. The van der Waals surface area contributed by atoms with Crippen LogP contribution in [0.4, 0.5) is 20.4 Å². The minimum Gasteiger partial charge on any atom is -0.305 e. The van der Waals surface area contributed by atoms with Gasteiger partial charge in [0.2, 0.25) is 0 Å². The van der Waals surface area contributed by atoms with Crippen LogP contribution in [-0.2, 0) is 0 Å². The normalized spacial score (nSPS) is 10.5. The Morgan fingerprint density at radius 2 is 1.70 bits per heavy atom. The Labute approximate surface area is 156 Å². The van der Waals surface area contributed by atoms with E-state index in [-0.39, 0.29) is 27.9 Å². The summed E-state index contributed by atoms with van der Waals surface area (Å²) >= 11 is 5.75. The molecule has 2 aromatic heterocycles. The first kappa shape index (κ1) is 18.4. The van der Waals surface area contributed by atoms with Gasteiger partial charge >= 0.3 is 0 Å². The number of nitrogens with one attached hydrogen (secondary N) is 3. The van der Waals surface area contributed by atoms with Crippen LogP contribution in [0.5, 0.6) is 0 Å². The van der Waals surface area contributed by atoms with E-state index in [4.69, 9.17) is 11.6 Å². The topological polar surface area (TPSA) is 113 Å². The van der Waals surface area contributed by atoms with E-state index in [0.717, 1.165) is 0 Å². The maximum atomic E-state index is 13.3. The zero-order chi connectivity index (χ0) is 19.6. The molecule has 0 aliphatic heterocycles. The number of halogens is 3. The van der Waals surface area contributed by atoms with Crippen molar-refractivity contribution in [1.82, 2.24) is 20.2 Å². The number of hydrogen-bond acceptors (Lipinski definition) is 5. The highest BCUT2D eigenvalue weighted by Gasteiger charge is 2.17. The number of benzene rings is 1. The van der Waals surface area contributed by atoms with E-state index in [0.29, 0.717) is 17.8 Å². The summed E-state index contributed by atoms with van der Waals surface area (Å²) in [6, 6.07) is 2.61. The second kappa shape index (κ2) is 7.46. The Bertz CT molecular complexity index is 1020. The first-order valence-corrected chi connectivity index (χ1v) is 7.82. The fourth-order valence-corrected chi connectivity index (χ4v) is 2.26. The van der Waals surface area contributed by atoms with Crippen LogP contribution < -0.4 is 10.6 Å². The Morgan fingerprint density at radius 1 is 1.00 bits per heavy atom. The van der Waals surface area contributed by atoms with Gasteiger partial charge in [0.25, 0.3) is 11.8 Å². The lowest BCUT2D eigenvalue weighted by atomic mass is 10.2. The summed E-state index contributed by atoms with van der Waals surface area (Å²) in [5.41, 5.74) is 0.444. The van der Waals surface area contributed by atoms with Gasteiger partial charge in [0.1, 0.15) is 5.69 Å². The summed E-state index contributed by atoms with van der Waals surface area (Å²) in [5.74, 6) is -3.55. The second-order valence-electron chi connectivity index (χ2n) is 5.36. The molecule has 0 aliphatic carbocycles. The molecule has 3 rings (SSSR count). The Kier molecular flexibility index (Phi) is 5.08. The van der Waals surface area contributed by atoms with Crippen molar-refractivity contribution in [3.05, 3.63) is 64.2 Å². The van der Waals surface area contributed by atoms with Crippen molar-refractivity contribution in [1.29, 1.82) is 0 Å². The molecule has 0 spiro atoms. The monoisotopic (exact) mass is 392 g/mol. The van der Waals surface area contributed by atoms with Crippen molar-refractivity contribution in [2.45, 2.75) is 6.92 Å². The second-order valence-corrected chi connectivity index (χ2v) is 5.77. The highest BCUT2D eigenvalue weighted by Crippen LogP contribution is 2.21. The largest absolute Gasteiger partial charge is 0.305 e. The van der Waals surface area contributed by atoms with Gasteiger partial charge in [-0.1, -0.05) is 11.6 Å². The van der Waals surface area contributed by atoms with Crippen LogP contribution in [0.2, 0.25) is 5.02 Å². The van der Waals surface area contributed by atoms with Gasteiger partial charge in [-0.25, -0.2) is 13.8 Å². The van der Waals surface area contributed by atoms with Gasteiger partial charge in [0.15, 0.2) is 23.3 Å². The van der Waals surface area contributed by atoms with Crippen LogP contribution in [-0.4, -0.2) is 32.0 Å². The molecule has 11 heteroatoms. The number of amides is 2. The van der Waals surface area contributed by atoms with Gasteiger partial charge in [0, 0.05) is 6.07 Å². The first-order chi connectivity index (χ1) is 12.8. The van der Waals surface area contributed by atoms with E-state index < -0.39 is 23.4 Å². The predicted molar refractivity (Wildman–Crippen MR) is 92.6 cm³/mol. The van der Waals surface area contributed by atoms with Crippen molar-refractivity contribution >= 4 is 35.1 Å². The van der Waals surface area contributed by atoms with E-state index in [2.05, 4.69) is 30.8 Å². The third-order valence-corrected chi connectivity index (χ3v) is 3.65. The van der Waals surface area contributed by atoms with Crippen LogP contribution >= 0.6 is 11.6 Å². The summed E-state index contributed by atoms with van der Waals surface area (Å²) in [6.45, 7) is 1.75. The number of aromatic amines is 1. The van der Waals surface area contributed by atoms with Gasteiger partial charge < -0.3 is 10.6 Å². The molecule has 0 unspecified atom stereocenters. The molecule has 138 valence electrons. The van der Waals surface area contributed by atoms with Crippen molar-refractivity contribution < 1.29 is 18.4 Å². The van der Waals surface area contributed by atoms with Gasteiger partial charge in [-0.05, 0) is 19.1 Å². The summed E-state index contributed by atoms with van der Waals surface area (Å²) < 4.78 is 26.4. The fraction of sp³-hybridized carbons (Fsp3) is 0.0625. The minimum absolute atomic E-state index is 0.0130. The zero-order valence-corrected chi connectivity index (χ0v) is 14.4. The lowest BCUT2D eigenvalue weighted by Gasteiger charge is -2.05. The third kappa shape index (κ3) is 4.23. The molecule has 3 N–H and O–H groups in total. The number of carbonyl (C=O) groups excluding carboxylic acids is 2. The molecular formula is C16H11ClF2N6O2. The smallest absolute Gasteiger partial charge is 0.274 e. The lowest BCUT2D eigenvalue weighted by Crippen LogP contribution is -2.14. The number of H-pyrrole nitrogens is 1. The summed E-state index contributed by atoms with van der Waals surface area (Å²) in [6.07, 6.45) is 2.87. The molecular weight excluding hydrogens is 382 g/mol. The molecule has 3 aromatic rings. The van der Waals surface area contributed by atoms with Gasteiger partial charge in [-0.15, -0.1) is 0 Å². The number of hydrogen-bond donors (Lipinski definition) is 3. The van der Waals surface area contributed by atoms with Crippen LogP contribution in [0, 0.1) is 18.6 Å². The molecule has 0 aliphatic rings. The van der Waals surface area contributed by atoms with Gasteiger partial charge in [-0.2, -0.15) is 5.10 Å². The number of anilines is 2. The quantitative estimate of drug-likeness (QED) is 0.591. The third-order valence-electron chi connectivity index (χ3n) is 3.34. The van der Waals surface area contributed by atoms with Crippen LogP contribution in [0.25, 0.3) is 0 Å². The lowest BCUT2D eigenvalue weighted by molar-refractivity contribution is 0.101. The van der Waals surface area contributed by atoms with Gasteiger partial charge in [-0.3, -0.25) is 19.7 Å². The number of aryl methyl sites for hydroxylation is 1. The fourth-order valence-electron chi connectivity index (χ4n) is 2.02. The highest BCUT2D eigenvalue weighted by molar-refractivity contribution is 6.34. The molecule has 2 amide bonds. The molecule has 2 heterocycles. The molecule has 0 atom stereocenters. The average Bonchev–Trinajstić information content (AvgIpc) is 3.08. The van der Waals surface area contributed by atoms with Crippen molar-refractivity contribution in [2.24, 2.45) is 0 Å². The van der Waals surface area contributed by atoms with Crippen LogP contribution in [0.1, 0.15) is 26.5 Å². The minimum atomic E-state index is -1.22. The number of carbonyl (C=O) groups is 2. The summed E-state index contributed by atoms with van der Waals surface area (Å²) in [4.78, 5) is 32.3. The summed E-state index contributed by atoms with van der Waals surface area (Å²) in [7, 11) is 0. The van der Waals surface area contributed by atoms with Crippen molar-refractivity contribution in [3.63, 3.8) is 0 Å². The highest BCUT2D eigenvalue weighted by atomic mass is 35.5. The summed E-state index contributed by atoms with van der Waals surface area (Å²) in [5, 5.41) is 10.8. The molecule has 8 nitrogen and oxygen atoms in total.